The molecule has 0 unspecified atom stereocenters. The molecule has 0 atom stereocenters. The zero-order valence-electron chi connectivity index (χ0n) is 10.9. The van der Waals surface area contributed by atoms with Crippen LogP contribution in [-0.4, -0.2) is 25.2 Å². The molecule has 0 saturated heterocycles. The van der Waals surface area contributed by atoms with Gasteiger partial charge >= 0.3 is 5.97 Å². The highest BCUT2D eigenvalue weighted by atomic mass is 32.1. The van der Waals surface area contributed by atoms with Gasteiger partial charge in [-0.2, -0.15) is 0 Å². The lowest BCUT2D eigenvalue weighted by Crippen LogP contribution is -2.08. The van der Waals surface area contributed by atoms with Crippen LogP contribution >= 0.6 is 11.3 Å². The molecule has 0 fully saturated rings. The van der Waals surface area contributed by atoms with Gasteiger partial charge in [0.15, 0.2) is 0 Å². The largest absolute Gasteiger partial charge is 0.478 e. The van der Waals surface area contributed by atoms with Gasteiger partial charge in [-0.25, -0.2) is 4.79 Å². The maximum Gasteiger partial charge on any atom is 0.336 e. The van der Waals surface area contributed by atoms with Crippen LogP contribution in [0.3, 0.4) is 0 Å². The summed E-state index contributed by atoms with van der Waals surface area (Å²) in [4.78, 5) is 13.8. The average molecular weight is 276 g/mol. The Morgan fingerprint density at radius 3 is 2.53 bits per heavy atom. The lowest BCUT2D eigenvalue weighted by atomic mass is 10.2. The number of nitrogens with one attached hydrogen (secondary N) is 1. The molecule has 2 N–H and O–H groups in total. The second-order valence-corrected chi connectivity index (χ2v) is 5.40. The van der Waals surface area contributed by atoms with Crippen molar-refractivity contribution in [3.8, 4) is 0 Å². The van der Waals surface area contributed by atoms with Crippen LogP contribution in [0.1, 0.15) is 15.2 Å². The van der Waals surface area contributed by atoms with E-state index in [4.69, 9.17) is 5.11 Å². The van der Waals surface area contributed by atoms with Crippen molar-refractivity contribution in [2.75, 3.05) is 24.3 Å². The maximum atomic E-state index is 10.8. The number of carboxylic acid groups (broad SMARTS) is 1. The van der Waals surface area contributed by atoms with Crippen molar-refractivity contribution < 1.29 is 9.90 Å². The first-order valence-corrected chi connectivity index (χ1v) is 6.76. The minimum Gasteiger partial charge on any atom is -0.478 e. The number of anilines is 2. The summed E-state index contributed by atoms with van der Waals surface area (Å²) in [5.74, 6) is -0.877. The number of nitrogens with zero attached hydrogens (tertiary/aromatic N) is 1. The van der Waals surface area contributed by atoms with Gasteiger partial charge in [0.1, 0.15) is 0 Å². The number of aromatic carboxylic acids is 1. The van der Waals surface area contributed by atoms with E-state index in [2.05, 4.69) is 5.32 Å². The van der Waals surface area contributed by atoms with Crippen molar-refractivity contribution in [3.63, 3.8) is 0 Å². The van der Waals surface area contributed by atoms with Gasteiger partial charge < -0.3 is 15.3 Å². The number of carboxylic acids is 1. The van der Waals surface area contributed by atoms with Crippen molar-refractivity contribution in [2.24, 2.45) is 0 Å². The van der Waals surface area contributed by atoms with Crippen LogP contribution in [0.15, 0.2) is 35.7 Å². The highest BCUT2D eigenvalue weighted by molar-refractivity contribution is 7.10. The third kappa shape index (κ3) is 3.48. The minimum absolute atomic E-state index is 0.352. The fraction of sp³-hybridized carbons (Fsp3) is 0.214. The minimum atomic E-state index is -0.877. The number of carbonyl (C=O) groups is 1. The number of hydrogen-bond acceptors (Lipinski definition) is 4. The quantitative estimate of drug-likeness (QED) is 0.881. The molecule has 0 aliphatic heterocycles. The van der Waals surface area contributed by atoms with Gasteiger partial charge in [-0.1, -0.05) is 0 Å². The molecule has 0 radical (unpaired) electrons. The number of rotatable bonds is 5. The monoisotopic (exact) mass is 276 g/mol. The van der Waals surface area contributed by atoms with Crippen LogP contribution in [0.4, 0.5) is 11.4 Å². The van der Waals surface area contributed by atoms with Crippen molar-refractivity contribution in [1.82, 2.24) is 0 Å². The third-order valence-corrected chi connectivity index (χ3v) is 3.69. The van der Waals surface area contributed by atoms with Crippen molar-refractivity contribution >= 4 is 28.7 Å². The zero-order valence-corrected chi connectivity index (χ0v) is 11.7. The number of thiophene rings is 1. The molecule has 1 aromatic carbocycles. The molecule has 5 heteroatoms. The lowest BCUT2D eigenvalue weighted by molar-refractivity contribution is 0.0697. The summed E-state index contributed by atoms with van der Waals surface area (Å²) in [5.41, 5.74) is 2.52. The van der Waals surface area contributed by atoms with E-state index in [0.29, 0.717) is 12.1 Å². The molecule has 4 nitrogen and oxygen atoms in total. The second kappa shape index (κ2) is 5.75. The fourth-order valence-electron chi connectivity index (χ4n) is 1.65. The van der Waals surface area contributed by atoms with Gasteiger partial charge in [-0.05, 0) is 30.3 Å². The van der Waals surface area contributed by atoms with E-state index in [9.17, 15) is 4.79 Å². The van der Waals surface area contributed by atoms with Crippen molar-refractivity contribution in [1.29, 1.82) is 0 Å². The molecular weight excluding hydrogens is 260 g/mol. The SMILES string of the molecule is CN(C)c1ccc(NCc2cc(C(=O)O)cs2)cc1. The standard InChI is InChI=1S/C14H16N2O2S/c1-16(2)12-5-3-11(4-6-12)15-8-13-7-10(9-19-13)14(17)18/h3-7,9,15H,8H2,1-2H3,(H,17,18). The summed E-state index contributed by atoms with van der Waals surface area (Å²) >= 11 is 1.45. The summed E-state index contributed by atoms with van der Waals surface area (Å²) in [5, 5.41) is 13.8. The molecule has 0 aliphatic carbocycles. The van der Waals surface area contributed by atoms with Gasteiger partial charge in [0.25, 0.3) is 0 Å². The highest BCUT2D eigenvalue weighted by Crippen LogP contribution is 2.19. The predicted octanol–water partition coefficient (Wildman–Crippen LogP) is 3.12. The van der Waals surface area contributed by atoms with Crippen LogP contribution in [0.25, 0.3) is 0 Å². The van der Waals surface area contributed by atoms with E-state index in [1.807, 2.05) is 43.3 Å². The summed E-state index contributed by atoms with van der Waals surface area (Å²) in [6.45, 7) is 0.638. The molecule has 100 valence electrons. The van der Waals surface area contributed by atoms with E-state index >= 15 is 0 Å². The Labute approximate surface area is 116 Å². The van der Waals surface area contributed by atoms with E-state index in [1.165, 1.54) is 11.3 Å². The van der Waals surface area contributed by atoms with Crippen LogP contribution in [0, 0.1) is 0 Å². The van der Waals surface area contributed by atoms with Gasteiger partial charge in [-0.15, -0.1) is 11.3 Å². The van der Waals surface area contributed by atoms with Crippen LogP contribution in [0.2, 0.25) is 0 Å². The molecule has 19 heavy (non-hydrogen) atoms. The van der Waals surface area contributed by atoms with Crippen LogP contribution in [0.5, 0.6) is 0 Å². The first kappa shape index (κ1) is 13.4. The summed E-state index contributed by atoms with van der Waals surface area (Å²) < 4.78 is 0. The maximum absolute atomic E-state index is 10.8. The van der Waals surface area contributed by atoms with Gasteiger partial charge in [0.05, 0.1) is 5.56 Å². The normalized spacial score (nSPS) is 10.2. The topological polar surface area (TPSA) is 52.6 Å². The molecule has 0 bridgehead atoms. The summed E-state index contributed by atoms with van der Waals surface area (Å²) in [6, 6.07) is 9.81. The average Bonchev–Trinajstić information content (AvgIpc) is 2.86. The Bertz CT molecular complexity index is 561. The van der Waals surface area contributed by atoms with Gasteiger partial charge in [-0.3, -0.25) is 0 Å². The smallest absolute Gasteiger partial charge is 0.336 e. The molecule has 0 amide bonds. The Kier molecular flexibility index (Phi) is 4.06. The number of benzene rings is 1. The lowest BCUT2D eigenvalue weighted by Gasteiger charge is -2.13. The van der Waals surface area contributed by atoms with Crippen LogP contribution in [-0.2, 0) is 6.54 Å². The van der Waals surface area contributed by atoms with E-state index in [1.54, 1.807) is 11.4 Å². The second-order valence-electron chi connectivity index (χ2n) is 4.40. The predicted molar refractivity (Wildman–Crippen MR) is 79.4 cm³/mol. The zero-order chi connectivity index (χ0) is 13.8. The Morgan fingerprint density at radius 1 is 1.32 bits per heavy atom. The van der Waals surface area contributed by atoms with E-state index in [0.717, 1.165) is 16.3 Å². The molecular formula is C14H16N2O2S. The van der Waals surface area contributed by atoms with Crippen molar-refractivity contribution in [3.05, 3.63) is 46.2 Å². The number of hydrogen-bond donors (Lipinski definition) is 2. The molecule has 1 aromatic heterocycles. The Balaban J connectivity index is 1.96. The Morgan fingerprint density at radius 2 is 2.00 bits per heavy atom. The van der Waals surface area contributed by atoms with E-state index < -0.39 is 5.97 Å². The molecule has 0 spiro atoms. The first-order chi connectivity index (χ1) is 9.06. The van der Waals surface area contributed by atoms with Gasteiger partial charge in [0, 0.05) is 42.3 Å². The molecule has 0 saturated carbocycles. The van der Waals surface area contributed by atoms with Crippen molar-refractivity contribution in [2.45, 2.75) is 6.54 Å². The van der Waals surface area contributed by atoms with E-state index in [-0.39, 0.29) is 0 Å². The Hall–Kier alpha value is -2.01. The highest BCUT2D eigenvalue weighted by Gasteiger charge is 2.06. The van der Waals surface area contributed by atoms with Crippen LogP contribution < -0.4 is 10.2 Å². The molecule has 1 heterocycles. The first-order valence-electron chi connectivity index (χ1n) is 5.88. The summed E-state index contributed by atoms with van der Waals surface area (Å²) in [6.07, 6.45) is 0. The van der Waals surface area contributed by atoms with Gasteiger partial charge in [0.2, 0.25) is 0 Å². The molecule has 0 aliphatic rings. The summed E-state index contributed by atoms with van der Waals surface area (Å²) in [7, 11) is 4.00. The molecule has 2 aromatic rings. The molecule has 2 rings (SSSR count). The fourth-order valence-corrected chi connectivity index (χ4v) is 2.45. The third-order valence-electron chi connectivity index (χ3n) is 2.75.